The molecule has 2 heterocycles. The van der Waals surface area contributed by atoms with Gasteiger partial charge in [-0.05, 0) is 61.6 Å². The lowest BCUT2D eigenvalue weighted by Gasteiger charge is -2.31. The third kappa shape index (κ3) is 3.52. The zero-order valence-electron chi connectivity index (χ0n) is 17.7. The second-order valence-corrected chi connectivity index (χ2v) is 8.08. The highest BCUT2D eigenvalue weighted by molar-refractivity contribution is 6.10. The molecule has 0 aromatic heterocycles. The standard InChI is InChI=1S/C23H24FN3O4/c1-14-11-15-5-4-10-26(20(15)18(24)12-14)19(28)13-27-21(29)23(2,25-22(27)30)16-6-8-17(31-3)9-7-16/h6-9,11-12H,4-5,10,13H2,1-3H3,(H,25,30). The molecule has 0 saturated carbocycles. The third-order valence-electron chi connectivity index (χ3n) is 5.92. The molecule has 0 spiro atoms. The number of rotatable bonds is 4. The van der Waals surface area contributed by atoms with Crippen molar-refractivity contribution in [3.05, 3.63) is 58.9 Å². The molecule has 0 aliphatic carbocycles. The zero-order valence-corrected chi connectivity index (χ0v) is 17.7. The number of urea groups is 1. The molecule has 8 heteroatoms. The van der Waals surface area contributed by atoms with Crippen LogP contribution < -0.4 is 15.0 Å². The summed E-state index contributed by atoms with van der Waals surface area (Å²) in [5, 5.41) is 2.68. The molecule has 162 valence electrons. The first-order valence-corrected chi connectivity index (χ1v) is 10.1. The summed E-state index contributed by atoms with van der Waals surface area (Å²) in [5.41, 5.74) is 1.07. The Morgan fingerprint density at radius 2 is 1.94 bits per heavy atom. The van der Waals surface area contributed by atoms with Crippen LogP contribution in [0.5, 0.6) is 5.75 Å². The van der Waals surface area contributed by atoms with E-state index < -0.39 is 35.7 Å². The summed E-state index contributed by atoms with van der Waals surface area (Å²) >= 11 is 0. The number of anilines is 1. The van der Waals surface area contributed by atoms with Crippen molar-refractivity contribution in [1.82, 2.24) is 10.2 Å². The molecule has 7 nitrogen and oxygen atoms in total. The van der Waals surface area contributed by atoms with E-state index in [1.54, 1.807) is 38.1 Å². The smallest absolute Gasteiger partial charge is 0.325 e. The molecular formula is C23H24FN3O4. The lowest BCUT2D eigenvalue weighted by Crippen LogP contribution is -2.46. The fourth-order valence-corrected chi connectivity index (χ4v) is 4.27. The van der Waals surface area contributed by atoms with Crippen LogP contribution in [0.2, 0.25) is 0 Å². The van der Waals surface area contributed by atoms with Crippen LogP contribution in [-0.4, -0.2) is 42.9 Å². The van der Waals surface area contributed by atoms with Crippen molar-refractivity contribution in [2.75, 3.05) is 25.1 Å². The number of benzene rings is 2. The number of fused-ring (bicyclic) bond motifs is 1. The number of aryl methyl sites for hydroxylation is 2. The number of hydrogen-bond acceptors (Lipinski definition) is 4. The topological polar surface area (TPSA) is 79.0 Å². The number of methoxy groups -OCH3 is 1. The number of ether oxygens (including phenoxy) is 1. The Hall–Kier alpha value is -3.42. The summed E-state index contributed by atoms with van der Waals surface area (Å²) in [5.74, 6) is -0.871. The minimum absolute atomic E-state index is 0.242. The monoisotopic (exact) mass is 425 g/mol. The van der Waals surface area contributed by atoms with Gasteiger partial charge in [0.05, 0.1) is 12.8 Å². The second-order valence-electron chi connectivity index (χ2n) is 8.08. The van der Waals surface area contributed by atoms with Gasteiger partial charge in [-0.2, -0.15) is 0 Å². The number of carbonyl (C=O) groups excluding carboxylic acids is 3. The maximum Gasteiger partial charge on any atom is 0.325 e. The number of nitrogens with zero attached hydrogens (tertiary/aromatic N) is 2. The fourth-order valence-electron chi connectivity index (χ4n) is 4.27. The molecule has 0 radical (unpaired) electrons. The quantitative estimate of drug-likeness (QED) is 0.764. The maximum absolute atomic E-state index is 14.7. The predicted octanol–water partition coefficient (Wildman–Crippen LogP) is 2.89. The van der Waals surface area contributed by atoms with Crippen molar-refractivity contribution >= 4 is 23.5 Å². The largest absolute Gasteiger partial charge is 0.497 e. The van der Waals surface area contributed by atoms with Crippen molar-refractivity contribution in [3.63, 3.8) is 0 Å². The van der Waals surface area contributed by atoms with Crippen LogP contribution in [0.3, 0.4) is 0 Å². The lowest BCUT2D eigenvalue weighted by molar-refractivity contribution is -0.134. The van der Waals surface area contributed by atoms with Crippen LogP contribution in [0.15, 0.2) is 36.4 Å². The lowest BCUT2D eigenvalue weighted by atomic mass is 9.92. The van der Waals surface area contributed by atoms with E-state index in [-0.39, 0.29) is 5.69 Å². The van der Waals surface area contributed by atoms with E-state index in [1.807, 2.05) is 6.07 Å². The van der Waals surface area contributed by atoms with Gasteiger partial charge in [0.15, 0.2) is 0 Å². The highest BCUT2D eigenvalue weighted by Gasteiger charge is 2.50. The minimum Gasteiger partial charge on any atom is -0.497 e. The van der Waals surface area contributed by atoms with Gasteiger partial charge in [-0.25, -0.2) is 9.18 Å². The summed E-state index contributed by atoms with van der Waals surface area (Å²) in [6.07, 6.45) is 1.36. The Labute approximate surface area is 179 Å². The van der Waals surface area contributed by atoms with Gasteiger partial charge in [0.1, 0.15) is 23.7 Å². The minimum atomic E-state index is -1.30. The summed E-state index contributed by atoms with van der Waals surface area (Å²) in [6.45, 7) is 3.28. The molecule has 4 rings (SSSR count). The summed E-state index contributed by atoms with van der Waals surface area (Å²) in [6, 6.07) is 9.39. The van der Waals surface area contributed by atoms with E-state index in [0.29, 0.717) is 30.7 Å². The van der Waals surface area contributed by atoms with Crippen LogP contribution in [-0.2, 0) is 21.5 Å². The number of carbonyl (C=O) groups is 3. The molecule has 2 aliphatic rings. The molecule has 1 fully saturated rings. The SMILES string of the molecule is COc1ccc(C2(C)NC(=O)N(CC(=O)N3CCCc4cc(C)cc(F)c43)C2=O)cc1. The molecule has 2 aromatic rings. The molecule has 2 aliphatic heterocycles. The first-order chi connectivity index (χ1) is 14.7. The van der Waals surface area contributed by atoms with Gasteiger partial charge >= 0.3 is 6.03 Å². The number of imide groups is 1. The Morgan fingerprint density at radius 3 is 2.61 bits per heavy atom. The molecule has 1 atom stereocenters. The molecule has 0 bridgehead atoms. The van der Waals surface area contributed by atoms with Crippen molar-refractivity contribution in [2.24, 2.45) is 0 Å². The van der Waals surface area contributed by atoms with Gasteiger partial charge in [0, 0.05) is 6.54 Å². The normalized spacial score (nSPS) is 20.5. The molecule has 1 unspecified atom stereocenters. The fraction of sp³-hybridized carbons (Fsp3) is 0.348. The highest BCUT2D eigenvalue weighted by Crippen LogP contribution is 2.33. The van der Waals surface area contributed by atoms with Crippen molar-refractivity contribution in [3.8, 4) is 5.75 Å². The molecule has 4 amide bonds. The predicted molar refractivity (Wildman–Crippen MR) is 112 cm³/mol. The van der Waals surface area contributed by atoms with E-state index in [0.717, 1.165) is 16.0 Å². The van der Waals surface area contributed by atoms with Crippen molar-refractivity contribution in [2.45, 2.75) is 32.2 Å². The zero-order chi connectivity index (χ0) is 22.3. The van der Waals surface area contributed by atoms with Gasteiger partial charge in [0.25, 0.3) is 5.91 Å². The van der Waals surface area contributed by atoms with Gasteiger partial charge in [-0.15, -0.1) is 0 Å². The summed E-state index contributed by atoms with van der Waals surface area (Å²) in [7, 11) is 1.54. The molecular weight excluding hydrogens is 401 g/mol. The first kappa shape index (κ1) is 20.8. The maximum atomic E-state index is 14.7. The van der Waals surface area contributed by atoms with Crippen LogP contribution >= 0.6 is 0 Å². The molecule has 31 heavy (non-hydrogen) atoms. The first-order valence-electron chi connectivity index (χ1n) is 10.1. The van der Waals surface area contributed by atoms with Gasteiger partial charge in [-0.1, -0.05) is 18.2 Å². The average Bonchev–Trinajstić information content (AvgIpc) is 2.97. The van der Waals surface area contributed by atoms with Crippen molar-refractivity contribution in [1.29, 1.82) is 0 Å². The third-order valence-corrected chi connectivity index (χ3v) is 5.92. The average molecular weight is 425 g/mol. The van der Waals surface area contributed by atoms with Crippen LogP contribution in [0.1, 0.15) is 30.0 Å². The highest BCUT2D eigenvalue weighted by atomic mass is 19.1. The number of amides is 4. The Morgan fingerprint density at radius 1 is 1.23 bits per heavy atom. The molecule has 2 aromatic carbocycles. The van der Waals surface area contributed by atoms with E-state index in [4.69, 9.17) is 4.74 Å². The van der Waals surface area contributed by atoms with E-state index >= 15 is 0 Å². The van der Waals surface area contributed by atoms with Gasteiger partial charge in [0.2, 0.25) is 5.91 Å². The van der Waals surface area contributed by atoms with Gasteiger partial charge in [-0.3, -0.25) is 14.5 Å². The number of nitrogens with one attached hydrogen (secondary N) is 1. The Balaban J connectivity index is 1.57. The van der Waals surface area contributed by atoms with Crippen LogP contribution in [0.25, 0.3) is 0 Å². The van der Waals surface area contributed by atoms with Crippen molar-refractivity contribution < 1.29 is 23.5 Å². The van der Waals surface area contributed by atoms with Crippen LogP contribution in [0, 0.1) is 12.7 Å². The Bertz CT molecular complexity index is 1070. The van der Waals surface area contributed by atoms with E-state index in [1.165, 1.54) is 18.1 Å². The number of halogens is 1. The second kappa shape index (κ2) is 7.68. The Kier molecular flexibility index (Phi) is 5.16. The van der Waals surface area contributed by atoms with E-state index in [9.17, 15) is 18.8 Å². The molecule has 1 N–H and O–H groups in total. The summed E-state index contributed by atoms with van der Waals surface area (Å²) in [4.78, 5) is 41.0. The van der Waals surface area contributed by atoms with Crippen LogP contribution in [0.4, 0.5) is 14.9 Å². The number of hydrogen-bond donors (Lipinski definition) is 1. The summed E-state index contributed by atoms with van der Waals surface area (Å²) < 4.78 is 19.8. The van der Waals surface area contributed by atoms with Gasteiger partial charge < -0.3 is 15.0 Å². The molecule has 1 saturated heterocycles. The van der Waals surface area contributed by atoms with E-state index in [2.05, 4.69) is 5.32 Å².